The van der Waals surface area contributed by atoms with Gasteiger partial charge >= 0.3 is 0 Å². The first kappa shape index (κ1) is 16.5. The summed E-state index contributed by atoms with van der Waals surface area (Å²) in [5.41, 5.74) is 0. The Kier molecular flexibility index (Phi) is 4.70. The van der Waals surface area contributed by atoms with E-state index in [1.165, 1.54) is 18.9 Å². The van der Waals surface area contributed by atoms with Gasteiger partial charge in [0.2, 0.25) is 0 Å². The Hall–Kier alpha value is -1.96. The highest BCUT2D eigenvalue weighted by atomic mass is 79.9. The second-order valence-corrected chi connectivity index (χ2v) is 7.28. The zero-order chi connectivity index (χ0) is 17.2. The molecule has 2 fully saturated rings. The molecule has 2 aromatic heterocycles. The van der Waals surface area contributed by atoms with Crippen molar-refractivity contribution in [3.8, 4) is 0 Å². The zero-order valence-electron chi connectivity index (χ0n) is 13.9. The summed E-state index contributed by atoms with van der Waals surface area (Å²) < 4.78 is 14.8. The van der Waals surface area contributed by atoms with Gasteiger partial charge in [0.15, 0.2) is 11.6 Å². The van der Waals surface area contributed by atoms with E-state index in [2.05, 4.69) is 46.7 Å². The van der Waals surface area contributed by atoms with Crippen molar-refractivity contribution < 1.29 is 4.39 Å². The second-order valence-electron chi connectivity index (χ2n) is 6.36. The van der Waals surface area contributed by atoms with Crippen molar-refractivity contribution >= 4 is 33.4 Å². The van der Waals surface area contributed by atoms with E-state index in [-0.39, 0.29) is 5.82 Å². The molecule has 0 atom stereocenters. The van der Waals surface area contributed by atoms with Crippen LogP contribution in [0.5, 0.6) is 0 Å². The summed E-state index contributed by atoms with van der Waals surface area (Å²) in [6.45, 7) is 5.14. The van der Waals surface area contributed by atoms with Gasteiger partial charge in [-0.1, -0.05) is 0 Å². The molecule has 0 spiro atoms. The van der Waals surface area contributed by atoms with Crippen LogP contribution < -0.4 is 14.7 Å². The number of hydrogen-bond acceptors (Lipinski definition) is 6. The van der Waals surface area contributed by atoms with E-state index in [1.54, 1.807) is 12.5 Å². The maximum absolute atomic E-state index is 14.1. The number of piperazine rings is 1. The summed E-state index contributed by atoms with van der Waals surface area (Å²) in [4.78, 5) is 19.6. The Labute approximate surface area is 154 Å². The minimum Gasteiger partial charge on any atom is -0.356 e. The topological polar surface area (TPSA) is 48.4 Å². The SMILES string of the molecule is Fc1cc(Br)cnc1N1CCN(c2cc(N3CCCC3)ncn2)CC1. The number of anilines is 3. The van der Waals surface area contributed by atoms with E-state index >= 15 is 0 Å². The lowest BCUT2D eigenvalue weighted by molar-refractivity contribution is 0.586. The molecule has 0 aromatic carbocycles. The van der Waals surface area contributed by atoms with Gasteiger partial charge in [-0.2, -0.15) is 0 Å². The third-order valence-electron chi connectivity index (χ3n) is 4.76. The maximum atomic E-state index is 14.1. The molecule has 0 radical (unpaired) electrons. The van der Waals surface area contributed by atoms with Crippen LogP contribution in [-0.4, -0.2) is 54.2 Å². The van der Waals surface area contributed by atoms with E-state index in [0.717, 1.165) is 37.8 Å². The summed E-state index contributed by atoms with van der Waals surface area (Å²) in [5.74, 6) is 2.08. The van der Waals surface area contributed by atoms with Gasteiger partial charge in [-0.25, -0.2) is 19.3 Å². The molecule has 0 saturated carbocycles. The quantitative estimate of drug-likeness (QED) is 0.780. The van der Waals surface area contributed by atoms with Crippen LogP contribution in [-0.2, 0) is 0 Å². The van der Waals surface area contributed by atoms with Crippen LogP contribution in [0.1, 0.15) is 12.8 Å². The molecule has 2 aliphatic heterocycles. The molecule has 2 aliphatic rings. The number of hydrogen-bond donors (Lipinski definition) is 0. The van der Waals surface area contributed by atoms with E-state index in [0.29, 0.717) is 23.4 Å². The Bertz CT molecular complexity index is 744. The molecule has 6 nitrogen and oxygen atoms in total. The molecule has 132 valence electrons. The first-order valence-corrected chi connectivity index (χ1v) is 9.38. The molecule has 8 heteroatoms. The van der Waals surface area contributed by atoms with Crippen molar-refractivity contribution in [1.82, 2.24) is 15.0 Å². The lowest BCUT2D eigenvalue weighted by atomic mass is 10.3. The van der Waals surface area contributed by atoms with Gasteiger partial charge in [0, 0.05) is 56.0 Å². The molecule has 0 unspecified atom stereocenters. The Balaban J connectivity index is 1.44. The molecule has 0 amide bonds. The van der Waals surface area contributed by atoms with Gasteiger partial charge in [-0.15, -0.1) is 0 Å². The molecule has 0 aliphatic carbocycles. The summed E-state index contributed by atoms with van der Waals surface area (Å²) >= 11 is 3.25. The molecule has 4 rings (SSSR count). The fourth-order valence-electron chi connectivity index (χ4n) is 3.42. The van der Waals surface area contributed by atoms with Crippen molar-refractivity contribution in [3.05, 3.63) is 34.9 Å². The smallest absolute Gasteiger partial charge is 0.166 e. The fourth-order valence-corrected chi connectivity index (χ4v) is 3.72. The summed E-state index contributed by atoms with van der Waals surface area (Å²) in [6.07, 6.45) is 5.73. The molecule has 25 heavy (non-hydrogen) atoms. The van der Waals surface area contributed by atoms with Gasteiger partial charge < -0.3 is 14.7 Å². The summed E-state index contributed by atoms with van der Waals surface area (Å²) in [7, 11) is 0. The first-order valence-electron chi connectivity index (χ1n) is 8.58. The number of rotatable bonds is 3. The summed E-state index contributed by atoms with van der Waals surface area (Å²) in [5, 5.41) is 0. The number of pyridine rings is 1. The Morgan fingerprint density at radius 2 is 1.40 bits per heavy atom. The maximum Gasteiger partial charge on any atom is 0.166 e. The third-order valence-corrected chi connectivity index (χ3v) is 5.19. The molecule has 0 bridgehead atoms. The molecule has 4 heterocycles. The third kappa shape index (κ3) is 3.53. The number of halogens is 2. The number of nitrogens with zero attached hydrogens (tertiary/aromatic N) is 6. The predicted octanol–water partition coefficient (Wildman–Crippen LogP) is 2.70. The van der Waals surface area contributed by atoms with E-state index in [9.17, 15) is 4.39 Å². The van der Waals surface area contributed by atoms with Crippen molar-refractivity contribution in [1.29, 1.82) is 0 Å². The molecular formula is C17H20BrFN6. The van der Waals surface area contributed by atoms with Gasteiger partial charge in [0.1, 0.15) is 18.0 Å². The Morgan fingerprint density at radius 1 is 0.800 bits per heavy atom. The highest BCUT2D eigenvalue weighted by Gasteiger charge is 2.22. The van der Waals surface area contributed by atoms with Gasteiger partial charge in [-0.3, -0.25) is 0 Å². The first-order chi connectivity index (χ1) is 12.2. The van der Waals surface area contributed by atoms with Crippen LogP contribution in [0.4, 0.5) is 21.8 Å². The minimum absolute atomic E-state index is 0.291. The lowest BCUT2D eigenvalue weighted by Crippen LogP contribution is -2.47. The zero-order valence-corrected chi connectivity index (χ0v) is 15.5. The van der Waals surface area contributed by atoms with E-state index < -0.39 is 0 Å². The summed E-state index contributed by atoms with van der Waals surface area (Å²) in [6, 6.07) is 3.53. The molecule has 2 saturated heterocycles. The van der Waals surface area contributed by atoms with Crippen molar-refractivity contribution in [2.45, 2.75) is 12.8 Å². The molecular weight excluding hydrogens is 387 g/mol. The van der Waals surface area contributed by atoms with Crippen LogP contribution in [0.25, 0.3) is 0 Å². The second kappa shape index (κ2) is 7.11. The highest BCUT2D eigenvalue weighted by Crippen LogP contribution is 2.24. The fraction of sp³-hybridized carbons (Fsp3) is 0.471. The Morgan fingerprint density at radius 3 is 2.04 bits per heavy atom. The van der Waals surface area contributed by atoms with Crippen molar-refractivity contribution in [3.63, 3.8) is 0 Å². The van der Waals surface area contributed by atoms with Crippen molar-refractivity contribution in [2.24, 2.45) is 0 Å². The predicted molar refractivity (Wildman–Crippen MR) is 99.8 cm³/mol. The normalized spacial score (nSPS) is 18.1. The lowest BCUT2D eigenvalue weighted by Gasteiger charge is -2.36. The van der Waals surface area contributed by atoms with E-state index in [4.69, 9.17) is 0 Å². The standard InChI is InChI=1S/C17H20BrFN6/c18-13-9-14(19)17(20-11-13)25-7-5-24(6-8-25)16-10-15(21-12-22-16)23-3-1-2-4-23/h9-12H,1-8H2. The molecule has 0 N–H and O–H groups in total. The van der Waals surface area contributed by atoms with Crippen LogP contribution in [0, 0.1) is 5.82 Å². The average molecular weight is 407 g/mol. The van der Waals surface area contributed by atoms with Gasteiger partial charge in [0.05, 0.1) is 0 Å². The highest BCUT2D eigenvalue weighted by molar-refractivity contribution is 9.10. The van der Waals surface area contributed by atoms with E-state index in [1.807, 2.05) is 4.90 Å². The van der Waals surface area contributed by atoms with Crippen LogP contribution in [0.2, 0.25) is 0 Å². The van der Waals surface area contributed by atoms with Gasteiger partial charge in [0.25, 0.3) is 0 Å². The largest absolute Gasteiger partial charge is 0.356 e. The van der Waals surface area contributed by atoms with Crippen LogP contribution >= 0.6 is 15.9 Å². The average Bonchev–Trinajstić information content (AvgIpc) is 3.17. The van der Waals surface area contributed by atoms with Crippen LogP contribution in [0.3, 0.4) is 0 Å². The monoisotopic (exact) mass is 406 g/mol. The van der Waals surface area contributed by atoms with Crippen molar-refractivity contribution in [2.75, 3.05) is 54.0 Å². The molecule has 2 aromatic rings. The minimum atomic E-state index is -0.291. The number of aromatic nitrogens is 3. The van der Waals surface area contributed by atoms with Gasteiger partial charge in [-0.05, 0) is 34.8 Å². The van der Waals surface area contributed by atoms with Crippen LogP contribution in [0.15, 0.2) is 29.1 Å².